The summed E-state index contributed by atoms with van der Waals surface area (Å²) in [5.41, 5.74) is 1.23. The van der Waals surface area contributed by atoms with Gasteiger partial charge in [-0.2, -0.15) is 10.5 Å². The van der Waals surface area contributed by atoms with Crippen molar-refractivity contribution >= 4 is 29.2 Å². The minimum absolute atomic E-state index is 0.0982. The van der Waals surface area contributed by atoms with Gasteiger partial charge in [-0.3, -0.25) is 14.5 Å². The van der Waals surface area contributed by atoms with Crippen molar-refractivity contribution in [1.82, 2.24) is 9.88 Å². The number of likely N-dealkylation sites (tertiary alicyclic amines) is 1. The van der Waals surface area contributed by atoms with Crippen LogP contribution >= 0.6 is 11.6 Å². The van der Waals surface area contributed by atoms with E-state index in [4.69, 9.17) is 11.6 Å². The van der Waals surface area contributed by atoms with Crippen molar-refractivity contribution in [3.8, 4) is 12.1 Å². The Bertz CT molecular complexity index is 831. The molecule has 1 aromatic heterocycles. The molecule has 0 unspecified atom stereocenters. The zero-order valence-corrected chi connectivity index (χ0v) is 15.2. The summed E-state index contributed by atoms with van der Waals surface area (Å²) in [6.07, 6.45) is 2.36. The Balaban J connectivity index is 1.85. The molecule has 2 aliphatic heterocycles. The van der Waals surface area contributed by atoms with Crippen molar-refractivity contribution in [1.29, 1.82) is 10.5 Å². The van der Waals surface area contributed by atoms with E-state index in [9.17, 15) is 20.1 Å². The van der Waals surface area contributed by atoms with E-state index < -0.39 is 0 Å². The number of amides is 2. The highest BCUT2D eigenvalue weighted by Crippen LogP contribution is 2.32. The van der Waals surface area contributed by atoms with Gasteiger partial charge in [0.25, 0.3) is 0 Å². The predicted octanol–water partition coefficient (Wildman–Crippen LogP) is 2.16. The summed E-state index contributed by atoms with van der Waals surface area (Å²) >= 11 is 6.16. The van der Waals surface area contributed by atoms with Crippen LogP contribution in [0.25, 0.3) is 0 Å². The normalized spacial score (nSPS) is 18.2. The van der Waals surface area contributed by atoms with Crippen LogP contribution < -0.4 is 4.90 Å². The van der Waals surface area contributed by atoms with Crippen LogP contribution in [0.2, 0.25) is 5.15 Å². The van der Waals surface area contributed by atoms with Gasteiger partial charge in [-0.05, 0) is 24.8 Å². The molecular formula is C18H18ClN5O2. The Labute approximate surface area is 156 Å². The number of nitriles is 2. The summed E-state index contributed by atoms with van der Waals surface area (Å²) in [5.74, 6) is 0.281. The lowest BCUT2D eigenvalue weighted by molar-refractivity contribution is -0.141. The SMILES string of the molecule is CCc1c(C#N)c(Cl)nc(N2CCC(N3C(=O)CCC3=O)CC2)c1C#N. The molecule has 2 saturated heterocycles. The quantitative estimate of drug-likeness (QED) is 0.596. The van der Waals surface area contributed by atoms with E-state index in [0.29, 0.717) is 62.1 Å². The number of pyridine rings is 1. The van der Waals surface area contributed by atoms with Crippen molar-refractivity contribution in [3.05, 3.63) is 21.8 Å². The largest absolute Gasteiger partial charge is 0.355 e. The first-order chi connectivity index (χ1) is 12.5. The van der Waals surface area contributed by atoms with Crippen LogP contribution in [0.15, 0.2) is 0 Å². The second-order valence-electron chi connectivity index (χ2n) is 6.41. The summed E-state index contributed by atoms with van der Waals surface area (Å²) < 4.78 is 0. The van der Waals surface area contributed by atoms with Crippen LogP contribution in [0.1, 0.15) is 49.3 Å². The maximum Gasteiger partial charge on any atom is 0.229 e. The van der Waals surface area contributed by atoms with E-state index in [0.717, 1.165) is 0 Å². The Morgan fingerprint density at radius 2 is 1.69 bits per heavy atom. The molecule has 0 spiro atoms. The Kier molecular flexibility index (Phi) is 5.11. The van der Waals surface area contributed by atoms with Gasteiger partial charge in [-0.15, -0.1) is 0 Å². The minimum atomic E-state index is -0.0983. The lowest BCUT2D eigenvalue weighted by Crippen LogP contribution is -2.47. The van der Waals surface area contributed by atoms with Gasteiger partial charge in [0.2, 0.25) is 11.8 Å². The van der Waals surface area contributed by atoms with Crippen molar-refractivity contribution in [2.24, 2.45) is 0 Å². The molecule has 2 amide bonds. The first-order valence-electron chi connectivity index (χ1n) is 8.64. The van der Waals surface area contributed by atoms with Gasteiger partial charge in [0.1, 0.15) is 23.1 Å². The van der Waals surface area contributed by atoms with Crippen LogP contribution in [-0.2, 0) is 16.0 Å². The molecule has 0 bridgehead atoms. The highest BCUT2D eigenvalue weighted by molar-refractivity contribution is 6.30. The fourth-order valence-corrected chi connectivity index (χ4v) is 3.98. The number of nitrogens with zero attached hydrogens (tertiary/aromatic N) is 5. The maximum atomic E-state index is 11.9. The number of hydrogen-bond donors (Lipinski definition) is 0. The summed E-state index contributed by atoms with van der Waals surface area (Å²) in [7, 11) is 0. The first kappa shape index (κ1) is 18.2. The summed E-state index contributed by atoms with van der Waals surface area (Å²) in [6.45, 7) is 3.00. The monoisotopic (exact) mass is 371 g/mol. The van der Waals surface area contributed by atoms with E-state index in [-0.39, 0.29) is 28.6 Å². The third-order valence-electron chi connectivity index (χ3n) is 5.03. The molecule has 1 aromatic rings. The lowest BCUT2D eigenvalue weighted by Gasteiger charge is -2.36. The van der Waals surface area contributed by atoms with E-state index in [2.05, 4.69) is 11.1 Å². The van der Waals surface area contributed by atoms with Crippen LogP contribution in [0.3, 0.4) is 0 Å². The number of rotatable bonds is 3. The average Bonchev–Trinajstić information content (AvgIpc) is 2.99. The van der Waals surface area contributed by atoms with E-state index in [1.165, 1.54) is 4.90 Å². The van der Waals surface area contributed by atoms with Crippen molar-refractivity contribution in [2.75, 3.05) is 18.0 Å². The van der Waals surface area contributed by atoms with Gasteiger partial charge in [0.05, 0.1) is 11.1 Å². The van der Waals surface area contributed by atoms with Crippen molar-refractivity contribution in [3.63, 3.8) is 0 Å². The number of hydrogen-bond acceptors (Lipinski definition) is 6. The summed E-state index contributed by atoms with van der Waals surface area (Å²) in [4.78, 5) is 31.5. The second kappa shape index (κ2) is 7.31. The molecule has 0 aromatic carbocycles. The standard InChI is InChI=1S/C18H18ClN5O2/c1-2-12-13(9-20)17(19)22-18(14(12)10-21)23-7-5-11(6-8-23)24-15(25)3-4-16(24)26/h11H,2-8H2,1H3. The fraction of sp³-hybridized carbons (Fsp3) is 0.500. The molecule has 3 rings (SSSR count). The third kappa shape index (κ3) is 3.00. The van der Waals surface area contributed by atoms with Gasteiger partial charge in [-0.25, -0.2) is 4.98 Å². The minimum Gasteiger partial charge on any atom is -0.355 e. The lowest BCUT2D eigenvalue weighted by atomic mass is 9.99. The number of carbonyl (C=O) groups is 2. The summed E-state index contributed by atoms with van der Waals surface area (Å²) in [6, 6.07) is 4.09. The number of imide groups is 1. The molecule has 2 fully saturated rings. The number of aromatic nitrogens is 1. The number of carbonyl (C=O) groups excluding carboxylic acids is 2. The van der Waals surface area contributed by atoms with Crippen LogP contribution in [0.5, 0.6) is 0 Å². The number of piperidine rings is 1. The molecule has 0 saturated carbocycles. The van der Waals surface area contributed by atoms with E-state index in [1.807, 2.05) is 17.9 Å². The molecule has 2 aliphatic rings. The molecule has 26 heavy (non-hydrogen) atoms. The van der Waals surface area contributed by atoms with Gasteiger partial charge >= 0.3 is 0 Å². The number of anilines is 1. The Morgan fingerprint density at radius 1 is 1.12 bits per heavy atom. The first-order valence-corrected chi connectivity index (χ1v) is 9.02. The van der Waals surface area contributed by atoms with Crippen LogP contribution in [-0.4, -0.2) is 40.8 Å². The maximum absolute atomic E-state index is 11.9. The molecule has 0 radical (unpaired) electrons. The molecular weight excluding hydrogens is 354 g/mol. The topological polar surface area (TPSA) is 101 Å². The zero-order chi connectivity index (χ0) is 18.8. The van der Waals surface area contributed by atoms with E-state index >= 15 is 0 Å². The van der Waals surface area contributed by atoms with Crippen molar-refractivity contribution < 1.29 is 9.59 Å². The highest BCUT2D eigenvalue weighted by Gasteiger charge is 2.37. The molecule has 8 heteroatoms. The van der Waals surface area contributed by atoms with Gasteiger partial charge < -0.3 is 4.90 Å². The smallest absolute Gasteiger partial charge is 0.229 e. The Morgan fingerprint density at radius 3 is 2.19 bits per heavy atom. The van der Waals surface area contributed by atoms with E-state index in [1.54, 1.807) is 0 Å². The van der Waals surface area contributed by atoms with Crippen LogP contribution in [0, 0.1) is 22.7 Å². The molecule has 134 valence electrons. The van der Waals surface area contributed by atoms with Gasteiger partial charge in [-0.1, -0.05) is 18.5 Å². The Hall–Kier alpha value is -2.64. The molecule has 0 aliphatic carbocycles. The number of halogens is 1. The fourth-order valence-electron chi connectivity index (χ4n) is 3.74. The average molecular weight is 372 g/mol. The third-order valence-corrected chi connectivity index (χ3v) is 5.31. The van der Waals surface area contributed by atoms with Crippen molar-refractivity contribution in [2.45, 2.75) is 45.1 Å². The molecule has 0 atom stereocenters. The molecule has 7 nitrogen and oxygen atoms in total. The second-order valence-corrected chi connectivity index (χ2v) is 6.77. The zero-order valence-electron chi connectivity index (χ0n) is 14.5. The van der Waals surface area contributed by atoms with Gasteiger partial charge in [0, 0.05) is 32.0 Å². The van der Waals surface area contributed by atoms with Crippen LogP contribution in [0.4, 0.5) is 5.82 Å². The highest BCUT2D eigenvalue weighted by atomic mass is 35.5. The molecule has 0 N–H and O–H groups in total. The summed E-state index contributed by atoms with van der Waals surface area (Å²) in [5, 5.41) is 19.0. The van der Waals surface area contributed by atoms with Gasteiger partial charge in [0.15, 0.2) is 0 Å². The predicted molar refractivity (Wildman–Crippen MR) is 94.4 cm³/mol. The molecule has 3 heterocycles.